The normalized spacial score (nSPS) is 24.1. The lowest BCUT2D eigenvalue weighted by atomic mass is 10.1. The van der Waals surface area contributed by atoms with E-state index in [2.05, 4.69) is 27.8 Å². The lowest BCUT2D eigenvalue weighted by Crippen LogP contribution is -2.53. The van der Waals surface area contributed by atoms with Gasteiger partial charge in [0.1, 0.15) is 0 Å². The van der Waals surface area contributed by atoms with E-state index in [-0.39, 0.29) is 18.5 Å². The molecular weight excluding hydrogens is 260 g/mol. The average Bonchev–Trinajstić information content (AvgIpc) is 2.42. The summed E-state index contributed by atoms with van der Waals surface area (Å²) in [5.41, 5.74) is 1.16. The molecule has 0 aromatic carbocycles. The second-order valence-corrected chi connectivity index (χ2v) is 5.01. The summed E-state index contributed by atoms with van der Waals surface area (Å²) < 4.78 is 5.04. The average molecular weight is 282 g/mol. The number of urea groups is 1. The third-order valence-corrected chi connectivity index (χ3v) is 3.58. The maximum absolute atomic E-state index is 11.9. The fourth-order valence-electron chi connectivity index (χ4n) is 2.40. The van der Waals surface area contributed by atoms with Crippen LogP contribution in [-0.4, -0.2) is 62.3 Å². The maximum atomic E-state index is 11.9. The van der Waals surface area contributed by atoms with Gasteiger partial charge in [-0.1, -0.05) is 0 Å². The van der Waals surface area contributed by atoms with Crippen molar-refractivity contribution in [2.75, 3.05) is 39.3 Å². The van der Waals surface area contributed by atoms with Gasteiger partial charge in [0.2, 0.25) is 0 Å². The zero-order valence-electron chi connectivity index (χ0n) is 12.0. The lowest BCUT2D eigenvalue weighted by Gasteiger charge is -2.35. The lowest BCUT2D eigenvalue weighted by molar-refractivity contribution is -0.138. The molecule has 1 fully saturated rings. The summed E-state index contributed by atoms with van der Waals surface area (Å²) in [5.74, 6) is -0.363. The molecule has 1 atom stereocenters. The first-order valence-electron chi connectivity index (χ1n) is 7.00. The van der Waals surface area contributed by atoms with Gasteiger partial charge in [-0.2, -0.15) is 0 Å². The zero-order valence-corrected chi connectivity index (χ0v) is 12.0. The molecule has 2 heterocycles. The summed E-state index contributed by atoms with van der Waals surface area (Å²) in [6.07, 6.45) is 0. The molecule has 0 aromatic heterocycles. The molecule has 0 bridgehead atoms. The van der Waals surface area contributed by atoms with Crippen molar-refractivity contribution in [3.63, 3.8) is 0 Å². The van der Waals surface area contributed by atoms with Crippen molar-refractivity contribution in [3.8, 4) is 0 Å². The molecule has 2 rings (SSSR count). The molecule has 0 radical (unpaired) electrons. The zero-order chi connectivity index (χ0) is 14.5. The van der Waals surface area contributed by atoms with Crippen molar-refractivity contribution in [1.29, 1.82) is 0 Å². The number of hydrogen-bond donors (Lipinski definition) is 3. The first-order chi connectivity index (χ1) is 9.61. The molecular formula is C13H22N4O3. The Balaban J connectivity index is 2.13. The Morgan fingerprint density at radius 3 is 3.00 bits per heavy atom. The van der Waals surface area contributed by atoms with Gasteiger partial charge in [0.15, 0.2) is 0 Å². The van der Waals surface area contributed by atoms with Crippen LogP contribution in [0.2, 0.25) is 0 Å². The van der Waals surface area contributed by atoms with E-state index in [1.807, 2.05) is 0 Å². The summed E-state index contributed by atoms with van der Waals surface area (Å²) >= 11 is 0. The highest BCUT2D eigenvalue weighted by atomic mass is 16.5. The third-order valence-electron chi connectivity index (χ3n) is 3.58. The van der Waals surface area contributed by atoms with E-state index in [4.69, 9.17) is 4.74 Å². The van der Waals surface area contributed by atoms with Crippen LogP contribution < -0.4 is 16.0 Å². The highest BCUT2D eigenvalue weighted by molar-refractivity contribution is 5.93. The van der Waals surface area contributed by atoms with E-state index >= 15 is 0 Å². The summed E-state index contributed by atoms with van der Waals surface area (Å²) in [7, 11) is 0. The number of carbonyl (C=O) groups excluding carboxylic acids is 2. The minimum atomic E-state index is -0.363. The largest absolute Gasteiger partial charge is 0.463 e. The summed E-state index contributed by atoms with van der Waals surface area (Å²) in [6, 6.07) is 0.0994. The van der Waals surface area contributed by atoms with Gasteiger partial charge in [-0.3, -0.25) is 4.90 Å². The topological polar surface area (TPSA) is 82.7 Å². The fourth-order valence-corrected chi connectivity index (χ4v) is 2.40. The molecule has 1 saturated heterocycles. The molecule has 7 nitrogen and oxygen atoms in total. The van der Waals surface area contributed by atoms with Gasteiger partial charge in [0.25, 0.3) is 0 Å². The van der Waals surface area contributed by atoms with Gasteiger partial charge < -0.3 is 20.7 Å². The van der Waals surface area contributed by atoms with Crippen LogP contribution in [0.1, 0.15) is 13.8 Å². The minimum Gasteiger partial charge on any atom is -0.463 e. The smallest absolute Gasteiger partial charge is 0.337 e. The van der Waals surface area contributed by atoms with Crippen LogP contribution in [0.4, 0.5) is 4.79 Å². The molecule has 3 N–H and O–H groups in total. The molecule has 2 aliphatic heterocycles. The Hall–Kier alpha value is -1.60. The van der Waals surface area contributed by atoms with Crippen LogP contribution in [0.3, 0.4) is 0 Å². The Labute approximate surface area is 118 Å². The van der Waals surface area contributed by atoms with Gasteiger partial charge >= 0.3 is 12.0 Å². The van der Waals surface area contributed by atoms with Crippen molar-refractivity contribution < 1.29 is 14.3 Å². The van der Waals surface area contributed by atoms with Gasteiger partial charge in [-0.05, 0) is 13.8 Å². The summed E-state index contributed by atoms with van der Waals surface area (Å²) in [6.45, 7) is 7.72. The molecule has 20 heavy (non-hydrogen) atoms. The number of nitrogens with zero attached hydrogens (tertiary/aromatic N) is 1. The first-order valence-corrected chi connectivity index (χ1v) is 7.00. The minimum absolute atomic E-state index is 0.223. The number of esters is 1. The first kappa shape index (κ1) is 14.8. The maximum Gasteiger partial charge on any atom is 0.337 e. The number of rotatable bonds is 4. The van der Waals surface area contributed by atoms with Crippen LogP contribution in [0.15, 0.2) is 11.3 Å². The van der Waals surface area contributed by atoms with E-state index in [0.29, 0.717) is 30.5 Å². The van der Waals surface area contributed by atoms with Gasteiger partial charge in [-0.25, -0.2) is 9.59 Å². The van der Waals surface area contributed by atoms with Crippen LogP contribution in [-0.2, 0) is 9.53 Å². The Morgan fingerprint density at radius 1 is 1.50 bits per heavy atom. The van der Waals surface area contributed by atoms with E-state index in [1.54, 1.807) is 6.92 Å². The van der Waals surface area contributed by atoms with Crippen molar-refractivity contribution in [2.24, 2.45) is 0 Å². The number of nitrogens with one attached hydrogen (secondary N) is 3. The summed E-state index contributed by atoms with van der Waals surface area (Å²) in [4.78, 5) is 25.7. The van der Waals surface area contributed by atoms with Crippen molar-refractivity contribution in [3.05, 3.63) is 11.3 Å². The van der Waals surface area contributed by atoms with Crippen molar-refractivity contribution in [2.45, 2.75) is 19.9 Å². The molecule has 7 heteroatoms. The fraction of sp³-hybridized carbons (Fsp3) is 0.692. The van der Waals surface area contributed by atoms with E-state index in [9.17, 15) is 9.59 Å². The second-order valence-electron chi connectivity index (χ2n) is 5.01. The van der Waals surface area contributed by atoms with E-state index in [1.165, 1.54) is 0 Å². The number of piperazine rings is 1. The number of amides is 2. The Kier molecular flexibility index (Phi) is 4.97. The highest BCUT2D eigenvalue weighted by Crippen LogP contribution is 2.12. The molecule has 0 aliphatic carbocycles. The Morgan fingerprint density at radius 2 is 2.30 bits per heavy atom. The summed E-state index contributed by atoms with van der Waals surface area (Å²) in [5, 5.41) is 8.67. The standard InChI is InChI=1S/C13H22N4O3/c1-3-20-12(18)10-7-15-13(19)16-11(10)8-17-5-4-14-6-9(17)2/h9,14H,3-8H2,1-2H3,(H2,15,16,19)/t9-/m1/s1. The number of ether oxygens (including phenoxy) is 1. The molecule has 2 aliphatic rings. The van der Waals surface area contributed by atoms with Gasteiger partial charge in [0, 0.05) is 37.9 Å². The quantitative estimate of drug-likeness (QED) is 0.600. The van der Waals surface area contributed by atoms with E-state index < -0.39 is 0 Å². The van der Waals surface area contributed by atoms with Crippen LogP contribution in [0.25, 0.3) is 0 Å². The molecule has 0 spiro atoms. The van der Waals surface area contributed by atoms with E-state index in [0.717, 1.165) is 19.6 Å². The SMILES string of the molecule is CCOC(=O)C1=C(CN2CCNC[C@H]2C)NC(=O)NC1. The van der Waals surface area contributed by atoms with Crippen LogP contribution >= 0.6 is 0 Å². The highest BCUT2D eigenvalue weighted by Gasteiger charge is 2.27. The molecule has 2 amide bonds. The number of hydrogen-bond acceptors (Lipinski definition) is 5. The van der Waals surface area contributed by atoms with Crippen molar-refractivity contribution >= 4 is 12.0 Å². The van der Waals surface area contributed by atoms with Crippen LogP contribution in [0.5, 0.6) is 0 Å². The number of carbonyl (C=O) groups is 2. The Bertz CT molecular complexity index is 422. The van der Waals surface area contributed by atoms with Gasteiger partial charge in [-0.15, -0.1) is 0 Å². The third kappa shape index (κ3) is 3.49. The second kappa shape index (κ2) is 6.71. The molecule has 0 unspecified atom stereocenters. The monoisotopic (exact) mass is 282 g/mol. The molecule has 0 saturated carbocycles. The predicted octanol–water partition coefficient (Wildman–Crippen LogP) is -0.590. The van der Waals surface area contributed by atoms with Crippen molar-refractivity contribution in [1.82, 2.24) is 20.9 Å². The predicted molar refractivity (Wildman–Crippen MR) is 74.1 cm³/mol. The molecule has 0 aromatic rings. The van der Waals surface area contributed by atoms with Crippen LogP contribution in [0, 0.1) is 0 Å². The molecule has 112 valence electrons. The van der Waals surface area contributed by atoms with Gasteiger partial charge in [0.05, 0.1) is 18.7 Å².